The summed E-state index contributed by atoms with van der Waals surface area (Å²) in [5.41, 5.74) is 0.582. The van der Waals surface area contributed by atoms with Gasteiger partial charge in [-0.05, 0) is 25.5 Å². The minimum absolute atomic E-state index is 0.386. The summed E-state index contributed by atoms with van der Waals surface area (Å²) in [6.45, 7) is 3.35. The molecular formula is C8H11NO2P. The molecule has 0 saturated heterocycles. The number of hydrogen-bond donors (Lipinski definition) is 0. The lowest BCUT2D eigenvalue weighted by Crippen LogP contribution is -2.08. The number of hydrogen-bond acceptors (Lipinski definition) is 3. The zero-order valence-corrected chi connectivity index (χ0v) is 8.26. The molecule has 0 atom stereocenters. The van der Waals surface area contributed by atoms with Gasteiger partial charge in [-0.25, -0.2) is 4.98 Å². The van der Waals surface area contributed by atoms with E-state index in [2.05, 4.69) is 11.1 Å². The molecule has 0 spiro atoms. The van der Waals surface area contributed by atoms with E-state index < -0.39 is 7.14 Å². The summed E-state index contributed by atoms with van der Waals surface area (Å²) in [7, 11) is -0.757. The first-order chi connectivity index (χ1) is 5.54. The normalized spacial score (nSPS) is 11.2. The second-order valence-corrected chi connectivity index (χ2v) is 5.97. The summed E-state index contributed by atoms with van der Waals surface area (Å²) < 4.78 is 16.4. The van der Waals surface area contributed by atoms with Crippen LogP contribution in [0.1, 0.15) is 0 Å². The van der Waals surface area contributed by atoms with Gasteiger partial charge < -0.3 is 9.30 Å². The lowest BCUT2D eigenvalue weighted by Gasteiger charge is -2.06. The number of nitrogens with zero attached hydrogens (tertiary/aromatic N) is 1. The van der Waals surface area contributed by atoms with Crippen LogP contribution in [0, 0.1) is 6.07 Å². The fraction of sp³-hybridized carbons (Fsp3) is 0.375. The maximum Gasteiger partial charge on any atom is 0.221 e. The van der Waals surface area contributed by atoms with Gasteiger partial charge in [-0.3, -0.25) is 0 Å². The predicted octanol–water partition coefficient (Wildman–Crippen LogP) is 1.14. The van der Waals surface area contributed by atoms with Crippen molar-refractivity contribution < 1.29 is 9.30 Å². The molecule has 0 saturated carbocycles. The SMILES string of the molecule is COc1[c]ccc(P(C)(C)=O)n1. The van der Waals surface area contributed by atoms with E-state index in [9.17, 15) is 4.57 Å². The Kier molecular flexibility index (Phi) is 2.53. The van der Waals surface area contributed by atoms with E-state index in [1.165, 1.54) is 7.11 Å². The first kappa shape index (κ1) is 9.27. The summed E-state index contributed by atoms with van der Waals surface area (Å²) in [6, 6.07) is 6.14. The molecule has 1 heterocycles. The van der Waals surface area contributed by atoms with Gasteiger partial charge in [-0.1, -0.05) is 0 Å². The molecule has 3 nitrogen and oxygen atoms in total. The van der Waals surface area contributed by atoms with Crippen molar-refractivity contribution in [3.05, 3.63) is 18.2 Å². The molecule has 0 N–H and O–H groups in total. The van der Waals surface area contributed by atoms with Crippen molar-refractivity contribution in [3.8, 4) is 5.88 Å². The maximum absolute atomic E-state index is 11.6. The lowest BCUT2D eigenvalue weighted by atomic mass is 10.5. The highest BCUT2D eigenvalue weighted by Crippen LogP contribution is 2.33. The Hall–Kier alpha value is -0.820. The van der Waals surface area contributed by atoms with Gasteiger partial charge in [0.15, 0.2) is 0 Å². The Labute approximate surface area is 72.1 Å². The average molecular weight is 184 g/mol. The molecule has 4 heteroatoms. The molecule has 12 heavy (non-hydrogen) atoms. The molecule has 1 aromatic rings. The van der Waals surface area contributed by atoms with E-state index >= 15 is 0 Å². The Bertz CT molecular complexity index is 319. The molecule has 0 amide bonds. The Morgan fingerprint density at radius 2 is 2.25 bits per heavy atom. The van der Waals surface area contributed by atoms with Crippen LogP contribution in [0.15, 0.2) is 12.1 Å². The fourth-order valence-electron chi connectivity index (χ4n) is 0.766. The van der Waals surface area contributed by atoms with Crippen molar-refractivity contribution in [2.45, 2.75) is 0 Å². The molecule has 1 aromatic heterocycles. The first-order valence-corrected chi connectivity index (χ1v) is 6.12. The second kappa shape index (κ2) is 3.28. The molecular weight excluding hydrogens is 173 g/mol. The first-order valence-electron chi connectivity index (χ1n) is 3.52. The van der Waals surface area contributed by atoms with Crippen LogP contribution in [0.4, 0.5) is 0 Å². The smallest absolute Gasteiger partial charge is 0.221 e. The van der Waals surface area contributed by atoms with Gasteiger partial charge in [-0.2, -0.15) is 0 Å². The molecule has 65 valence electrons. The number of rotatable bonds is 2. The van der Waals surface area contributed by atoms with Crippen molar-refractivity contribution in [2.75, 3.05) is 20.4 Å². The highest BCUT2D eigenvalue weighted by molar-refractivity contribution is 7.69. The van der Waals surface area contributed by atoms with Gasteiger partial charge >= 0.3 is 0 Å². The van der Waals surface area contributed by atoms with E-state index in [4.69, 9.17) is 4.74 Å². The Morgan fingerprint density at radius 3 is 2.75 bits per heavy atom. The summed E-state index contributed by atoms with van der Waals surface area (Å²) >= 11 is 0. The van der Waals surface area contributed by atoms with Gasteiger partial charge in [0.1, 0.15) is 12.6 Å². The van der Waals surface area contributed by atoms with E-state index in [-0.39, 0.29) is 0 Å². The van der Waals surface area contributed by atoms with Gasteiger partial charge in [0, 0.05) is 6.07 Å². The molecule has 0 fully saturated rings. The van der Waals surface area contributed by atoms with Crippen LogP contribution in [-0.2, 0) is 4.57 Å². The van der Waals surface area contributed by atoms with Crippen molar-refractivity contribution in [2.24, 2.45) is 0 Å². The molecule has 1 radical (unpaired) electrons. The number of aromatic nitrogens is 1. The molecule has 0 aliphatic carbocycles. The zero-order chi connectivity index (χ0) is 9.19. The molecule has 1 rings (SSSR count). The van der Waals surface area contributed by atoms with Gasteiger partial charge in [0.05, 0.1) is 7.11 Å². The standard InChI is InChI=1S/C8H11NO2P/c1-11-7-5-4-6-8(9-7)12(2,3)10/h4,6H,1-3H3. The fourth-order valence-corrected chi connectivity index (χ4v) is 1.53. The van der Waals surface area contributed by atoms with Crippen LogP contribution in [0.2, 0.25) is 0 Å². The number of pyridine rings is 1. The van der Waals surface area contributed by atoms with Crippen LogP contribution < -0.4 is 10.2 Å². The van der Waals surface area contributed by atoms with Crippen LogP contribution in [-0.4, -0.2) is 25.4 Å². The molecule has 0 aromatic carbocycles. The molecule has 0 bridgehead atoms. The third-order valence-corrected chi connectivity index (χ3v) is 2.75. The summed E-state index contributed by atoms with van der Waals surface area (Å²) in [4.78, 5) is 4.02. The van der Waals surface area contributed by atoms with Crippen LogP contribution >= 0.6 is 7.14 Å². The third-order valence-electron chi connectivity index (χ3n) is 1.40. The van der Waals surface area contributed by atoms with Crippen LogP contribution in [0.25, 0.3) is 0 Å². The summed E-state index contributed by atoms with van der Waals surface area (Å²) in [6.07, 6.45) is 0. The van der Waals surface area contributed by atoms with Crippen molar-refractivity contribution >= 4 is 12.6 Å². The van der Waals surface area contributed by atoms with E-state index in [0.29, 0.717) is 11.3 Å². The van der Waals surface area contributed by atoms with E-state index in [1.54, 1.807) is 25.5 Å². The summed E-state index contributed by atoms with van der Waals surface area (Å²) in [5, 5.41) is 0. The predicted molar refractivity (Wildman–Crippen MR) is 48.7 cm³/mol. The Balaban J connectivity index is 3.11. The average Bonchev–Trinajstić information content (AvgIpc) is 2.03. The third kappa shape index (κ3) is 2.08. The van der Waals surface area contributed by atoms with Crippen molar-refractivity contribution in [1.29, 1.82) is 0 Å². The highest BCUT2D eigenvalue weighted by atomic mass is 31.2. The number of ether oxygens (including phenoxy) is 1. The minimum atomic E-state index is -2.27. The van der Waals surface area contributed by atoms with E-state index in [1.807, 2.05) is 0 Å². The molecule has 0 aliphatic heterocycles. The quantitative estimate of drug-likeness (QED) is 0.647. The minimum Gasteiger partial charge on any atom is -0.481 e. The summed E-state index contributed by atoms with van der Waals surface area (Å²) in [5.74, 6) is 0.386. The molecule has 0 unspecified atom stereocenters. The maximum atomic E-state index is 11.6. The zero-order valence-electron chi connectivity index (χ0n) is 7.37. The second-order valence-electron chi connectivity index (χ2n) is 2.81. The van der Waals surface area contributed by atoms with Crippen molar-refractivity contribution in [3.63, 3.8) is 0 Å². The van der Waals surface area contributed by atoms with Gasteiger partial charge in [0.25, 0.3) is 0 Å². The monoisotopic (exact) mass is 184 g/mol. The topological polar surface area (TPSA) is 39.2 Å². The van der Waals surface area contributed by atoms with Gasteiger partial charge in [-0.15, -0.1) is 0 Å². The van der Waals surface area contributed by atoms with Gasteiger partial charge in [0.2, 0.25) is 5.88 Å². The highest BCUT2D eigenvalue weighted by Gasteiger charge is 2.12. The van der Waals surface area contributed by atoms with Crippen LogP contribution in [0.3, 0.4) is 0 Å². The Morgan fingerprint density at radius 1 is 1.58 bits per heavy atom. The number of methoxy groups -OCH3 is 1. The van der Waals surface area contributed by atoms with Crippen LogP contribution in [0.5, 0.6) is 5.88 Å². The lowest BCUT2D eigenvalue weighted by molar-refractivity contribution is 0.398. The largest absolute Gasteiger partial charge is 0.481 e. The molecule has 0 aliphatic rings. The van der Waals surface area contributed by atoms with Crippen molar-refractivity contribution in [1.82, 2.24) is 4.98 Å². The van der Waals surface area contributed by atoms with E-state index in [0.717, 1.165) is 0 Å².